The largest absolute Gasteiger partial charge is 0.383 e. The number of rotatable bonds is 6. The summed E-state index contributed by atoms with van der Waals surface area (Å²) in [6, 6.07) is 12.3. The minimum Gasteiger partial charge on any atom is -0.383 e. The van der Waals surface area contributed by atoms with Crippen LogP contribution < -0.4 is 10.6 Å². The van der Waals surface area contributed by atoms with Gasteiger partial charge in [-0.2, -0.15) is 0 Å². The zero-order valence-electron chi connectivity index (χ0n) is 14.2. The van der Waals surface area contributed by atoms with E-state index in [-0.39, 0.29) is 17.5 Å². The normalized spacial score (nSPS) is 10.5. The fourth-order valence-corrected chi connectivity index (χ4v) is 2.45. The molecule has 7 heteroatoms. The Morgan fingerprint density at radius 2 is 1.88 bits per heavy atom. The first kappa shape index (κ1) is 17.5. The van der Waals surface area contributed by atoms with Crippen LogP contribution in [0.5, 0.6) is 0 Å². The predicted octanol–water partition coefficient (Wildman–Crippen LogP) is 2.26. The Hall–Kier alpha value is -3.32. The lowest BCUT2D eigenvalue weighted by atomic mass is 10.1. The SMILES string of the molecule is COCCNC(=O)c1cc(C(=O)Nc2cccc3cccnc23)ccn1. The molecule has 26 heavy (non-hydrogen) atoms. The first-order valence-corrected chi connectivity index (χ1v) is 8.07. The number of aromatic nitrogens is 2. The molecule has 0 aliphatic carbocycles. The van der Waals surface area contributed by atoms with E-state index in [9.17, 15) is 9.59 Å². The summed E-state index contributed by atoms with van der Waals surface area (Å²) in [5, 5.41) is 6.44. The number of fused-ring (bicyclic) bond motifs is 1. The van der Waals surface area contributed by atoms with E-state index in [1.54, 1.807) is 25.4 Å². The molecule has 3 aromatic rings. The second kappa shape index (κ2) is 8.17. The molecule has 0 unspecified atom stereocenters. The Morgan fingerprint density at radius 3 is 2.73 bits per heavy atom. The van der Waals surface area contributed by atoms with Gasteiger partial charge in [-0.05, 0) is 24.3 Å². The average Bonchev–Trinajstić information content (AvgIpc) is 2.68. The van der Waals surface area contributed by atoms with Gasteiger partial charge in [-0.3, -0.25) is 19.6 Å². The molecule has 0 fully saturated rings. The third-order valence-corrected chi connectivity index (χ3v) is 3.73. The maximum atomic E-state index is 12.6. The molecule has 0 aliphatic rings. The third kappa shape index (κ3) is 4.01. The second-order valence-corrected chi connectivity index (χ2v) is 5.51. The highest BCUT2D eigenvalue weighted by Gasteiger charge is 2.13. The Morgan fingerprint density at radius 1 is 1.04 bits per heavy atom. The van der Waals surface area contributed by atoms with Gasteiger partial charge >= 0.3 is 0 Å². The van der Waals surface area contributed by atoms with Gasteiger partial charge in [0.15, 0.2) is 0 Å². The molecule has 0 aliphatic heterocycles. The summed E-state index contributed by atoms with van der Waals surface area (Å²) < 4.78 is 4.89. The van der Waals surface area contributed by atoms with Crippen LogP contribution in [0.25, 0.3) is 10.9 Å². The van der Waals surface area contributed by atoms with Crippen molar-refractivity contribution in [2.45, 2.75) is 0 Å². The molecule has 0 saturated heterocycles. The average molecular weight is 350 g/mol. The molecule has 1 aromatic carbocycles. The van der Waals surface area contributed by atoms with Gasteiger partial charge < -0.3 is 15.4 Å². The topological polar surface area (TPSA) is 93.2 Å². The number of carbonyl (C=O) groups excluding carboxylic acids is 2. The number of pyridine rings is 2. The van der Waals surface area contributed by atoms with Crippen molar-refractivity contribution in [2.24, 2.45) is 0 Å². The molecule has 2 heterocycles. The van der Waals surface area contributed by atoms with Crippen LogP contribution in [-0.2, 0) is 4.74 Å². The maximum Gasteiger partial charge on any atom is 0.269 e. The number of benzene rings is 1. The van der Waals surface area contributed by atoms with Gasteiger partial charge in [0.1, 0.15) is 5.69 Å². The first-order chi connectivity index (χ1) is 12.7. The molecule has 0 bridgehead atoms. The van der Waals surface area contributed by atoms with Gasteiger partial charge in [0, 0.05) is 37.0 Å². The van der Waals surface area contributed by atoms with Gasteiger partial charge in [-0.1, -0.05) is 18.2 Å². The molecular formula is C19H18N4O3. The number of hydrogen-bond acceptors (Lipinski definition) is 5. The second-order valence-electron chi connectivity index (χ2n) is 5.51. The van der Waals surface area contributed by atoms with Crippen LogP contribution in [-0.4, -0.2) is 42.0 Å². The lowest BCUT2D eigenvalue weighted by Gasteiger charge is -2.09. The number of carbonyl (C=O) groups is 2. The minimum atomic E-state index is -0.358. The highest BCUT2D eigenvalue weighted by Crippen LogP contribution is 2.21. The standard InChI is InChI=1S/C19H18N4O3/c1-26-11-10-22-19(25)16-12-14(7-9-20-16)18(24)23-15-6-2-4-13-5-3-8-21-17(13)15/h2-9,12H,10-11H2,1H3,(H,22,25)(H,23,24). The van der Waals surface area contributed by atoms with Crippen molar-refractivity contribution in [1.29, 1.82) is 0 Å². The zero-order chi connectivity index (χ0) is 18.4. The fraction of sp³-hybridized carbons (Fsp3) is 0.158. The molecule has 2 aromatic heterocycles. The number of hydrogen-bond donors (Lipinski definition) is 2. The van der Waals surface area contributed by atoms with Gasteiger partial charge in [0.2, 0.25) is 0 Å². The number of ether oxygens (including phenoxy) is 1. The zero-order valence-corrected chi connectivity index (χ0v) is 14.2. The Kier molecular flexibility index (Phi) is 5.50. The van der Waals surface area contributed by atoms with Crippen molar-refractivity contribution in [3.63, 3.8) is 0 Å². The molecule has 3 rings (SSSR count). The van der Waals surface area contributed by atoms with Crippen molar-refractivity contribution < 1.29 is 14.3 Å². The Labute approximate surface area is 150 Å². The van der Waals surface area contributed by atoms with E-state index in [1.807, 2.05) is 24.3 Å². The van der Waals surface area contributed by atoms with Crippen molar-refractivity contribution >= 4 is 28.4 Å². The third-order valence-electron chi connectivity index (χ3n) is 3.73. The predicted molar refractivity (Wildman–Crippen MR) is 98.1 cm³/mol. The lowest BCUT2D eigenvalue weighted by Crippen LogP contribution is -2.28. The molecule has 0 spiro atoms. The summed E-state index contributed by atoms with van der Waals surface area (Å²) in [5.41, 5.74) is 1.82. The fourth-order valence-electron chi connectivity index (χ4n) is 2.45. The number of methoxy groups -OCH3 is 1. The van der Waals surface area contributed by atoms with E-state index in [2.05, 4.69) is 20.6 Å². The summed E-state index contributed by atoms with van der Waals surface area (Å²) in [7, 11) is 1.55. The van der Waals surface area contributed by atoms with Crippen molar-refractivity contribution in [3.05, 3.63) is 66.1 Å². The van der Waals surface area contributed by atoms with Crippen LogP contribution in [0.4, 0.5) is 5.69 Å². The van der Waals surface area contributed by atoms with E-state index in [4.69, 9.17) is 4.74 Å². The summed E-state index contributed by atoms with van der Waals surface area (Å²) >= 11 is 0. The number of nitrogens with one attached hydrogen (secondary N) is 2. The van der Waals surface area contributed by atoms with Crippen LogP contribution in [0.2, 0.25) is 0 Å². The highest BCUT2D eigenvalue weighted by atomic mass is 16.5. The van der Waals surface area contributed by atoms with E-state index in [0.29, 0.717) is 29.9 Å². The summed E-state index contributed by atoms with van der Waals surface area (Å²) in [4.78, 5) is 33.0. The number of amides is 2. The van der Waals surface area contributed by atoms with Crippen LogP contribution >= 0.6 is 0 Å². The molecule has 2 N–H and O–H groups in total. The minimum absolute atomic E-state index is 0.171. The highest BCUT2D eigenvalue weighted by molar-refractivity contribution is 6.09. The number of nitrogens with zero attached hydrogens (tertiary/aromatic N) is 2. The van der Waals surface area contributed by atoms with Gasteiger partial charge in [0.25, 0.3) is 11.8 Å². The molecule has 0 saturated carbocycles. The molecule has 0 atom stereocenters. The lowest BCUT2D eigenvalue weighted by molar-refractivity contribution is 0.0932. The van der Waals surface area contributed by atoms with E-state index in [0.717, 1.165) is 5.39 Å². The smallest absolute Gasteiger partial charge is 0.269 e. The maximum absolute atomic E-state index is 12.6. The van der Waals surface area contributed by atoms with Crippen LogP contribution in [0.3, 0.4) is 0 Å². The van der Waals surface area contributed by atoms with Crippen molar-refractivity contribution in [3.8, 4) is 0 Å². The molecule has 2 amide bonds. The quantitative estimate of drug-likeness (QED) is 0.665. The van der Waals surface area contributed by atoms with Crippen LogP contribution in [0.15, 0.2) is 54.9 Å². The molecule has 0 radical (unpaired) electrons. The van der Waals surface area contributed by atoms with E-state index >= 15 is 0 Å². The monoisotopic (exact) mass is 350 g/mol. The van der Waals surface area contributed by atoms with Gasteiger partial charge in [0.05, 0.1) is 17.8 Å². The van der Waals surface area contributed by atoms with E-state index < -0.39 is 0 Å². The van der Waals surface area contributed by atoms with Gasteiger partial charge in [-0.15, -0.1) is 0 Å². The summed E-state index contributed by atoms with van der Waals surface area (Å²) in [6.45, 7) is 0.773. The molecule has 132 valence electrons. The summed E-state index contributed by atoms with van der Waals surface area (Å²) in [5.74, 6) is -0.694. The van der Waals surface area contributed by atoms with E-state index in [1.165, 1.54) is 12.3 Å². The van der Waals surface area contributed by atoms with Crippen LogP contribution in [0.1, 0.15) is 20.8 Å². The van der Waals surface area contributed by atoms with Crippen molar-refractivity contribution in [2.75, 3.05) is 25.6 Å². The van der Waals surface area contributed by atoms with Crippen LogP contribution in [0, 0.1) is 0 Å². The first-order valence-electron chi connectivity index (χ1n) is 8.07. The summed E-state index contributed by atoms with van der Waals surface area (Å²) in [6.07, 6.45) is 3.11. The Balaban J connectivity index is 1.77. The van der Waals surface area contributed by atoms with Gasteiger partial charge in [-0.25, -0.2) is 0 Å². The van der Waals surface area contributed by atoms with Crippen molar-refractivity contribution in [1.82, 2.24) is 15.3 Å². The number of anilines is 1. The Bertz CT molecular complexity index is 937. The number of para-hydroxylation sites is 1. The molecular weight excluding hydrogens is 332 g/mol. The molecule has 7 nitrogen and oxygen atoms in total.